The lowest BCUT2D eigenvalue weighted by Gasteiger charge is -2.00. The molecule has 0 aliphatic rings. The Labute approximate surface area is 84.3 Å². The molecule has 2 aromatic heterocycles. The Bertz CT molecular complexity index is 467. The summed E-state index contributed by atoms with van der Waals surface area (Å²) in [5.74, 6) is -0.344. The average Bonchev–Trinajstić information content (AvgIpc) is 2.66. The number of ether oxygens (including phenoxy) is 1. The molecule has 0 saturated carbocycles. The fraction of sp³-hybridized carbons (Fsp3) is 0. The van der Waals surface area contributed by atoms with Crippen molar-refractivity contribution in [2.24, 2.45) is 0 Å². The van der Waals surface area contributed by atoms with Crippen LogP contribution < -0.4 is 10.5 Å². The first-order valence-corrected chi connectivity index (χ1v) is 4.06. The van der Waals surface area contributed by atoms with Gasteiger partial charge >= 0.3 is 5.97 Å². The first-order chi connectivity index (χ1) is 7.27. The van der Waals surface area contributed by atoms with E-state index in [1.807, 2.05) is 0 Å². The second-order valence-corrected chi connectivity index (χ2v) is 2.64. The average molecular weight is 205 g/mol. The molecule has 0 fully saturated rings. The van der Waals surface area contributed by atoms with E-state index in [2.05, 4.69) is 20.4 Å². The van der Waals surface area contributed by atoms with E-state index in [1.165, 1.54) is 6.20 Å². The highest BCUT2D eigenvalue weighted by Crippen LogP contribution is 2.10. The smallest absolute Gasteiger partial charge is 0.368 e. The molecule has 0 unspecified atom stereocenters. The topological polar surface area (TPSA) is 107 Å². The molecule has 0 saturated heterocycles. The van der Waals surface area contributed by atoms with Gasteiger partial charge < -0.3 is 10.5 Å². The number of anilines is 1. The number of nitrogens with one attached hydrogen (secondary N) is 1. The van der Waals surface area contributed by atoms with E-state index in [4.69, 9.17) is 10.5 Å². The predicted molar refractivity (Wildman–Crippen MR) is 50.0 cm³/mol. The van der Waals surface area contributed by atoms with E-state index in [1.54, 1.807) is 18.3 Å². The quantitative estimate of drug-likeness (QED) is 0.668. The maximum Gasteiger partial charge on any atom is 0.368 e. The van der Waals surface area contributed by atoms with E-state index in [-0.39, 0.29) is 11.5 Å². The number of carbonyl (C=O) groups is 1. The second kappa shape index (κ2) is 3.74. The van der Waals surface area contributed by atoms with Gasteiger partial charge in [-0.2, -0.15) is 5.21 Å². The maximum absolute atomic E-state index is 11.4. The number of nitrogen functional groups attached to an aromatic ring is 1. The van der Waals surface area contributed by atoms with Gasteiger partial charge in [0, 0.05) is 6.20 Å². The zero-order chi connectivity index (χ0) is 10.7. The highest BCUT2D eigenvalue weighted by atomic mass is 16.5. The number of hydrogen-bond acceptors (Lipinski definition) is 6. The van der Waals surface area contributed by atoms with Gasteiger partial charge in [0.2, 0.25) is 5.69 Å². The molecule has 76 valence electrons. The van der Waals surface area contributed by atoms with Gasteiger partial charge in [-0.1, -0.05) is 0 Å². The fourth-order valence-corrected chi connectivity index (χ4v) is 0.952. The largest absolute Gasteiger partial charge is 0.420 e. The number of esters is 1. The molecule has 0 bridgehead atoms. The lowest BCUT2D eigenvalue weighted by atomic mass is 10.4. The molecular weight excluding hydrogens is 198 g/mol. The predicted octanol–water partition coefficient (Wildman–Crippen LogP) is 0.00110. The lowest BCUT2D eigenvalue weighted by Crippen LogP contribution is -2.11. The number of H-pyrrole nitrogens is 1. The van der Waals surface area contributed by atoms with Gasteiger partial charge in [-0.25, -0.2) is 4.79 Å². The molecule has 0 aliphatic heterocycles. The Hall–Kier alpha value is -2.44. The first kappa shape index (κ1) is 9.13. The van der Waals surface area contributed by atoms with Crippen LogP contribution in [0.5, 0.6) is 5.75 Å². The van der Waals surface area contributed by atoms with Crippen molar-refractivity contribution in [1.82, 2.24) is 20.4 Å². The van der Waals surface area contributed by atoms with Crippen molar-refractivity contribution in [2.45, 2.75) is 0 Å². The molecule has 2 rings (SSSR count). The van der Waals surface area contributed by atoms with Gasteiger partial charge in [0.25, 0.3) is 0 Å². The molecule has 15 heavy (non-hydrogen) atoms. The molecule has 0 spiro atoms. The van der Waals surface area contributed by atoms with Crippen LogP contribution in [0, 0.1) is 0 Å². The molecule has 0 aliphatic carbocycles. The van der Waals surface area contributed by atoms with E-state index < -0.39 is 5.97 Å². The summed E-state index contributed by atoms with van der Waals surface area (Å²) < 4.78 is 4.94. The van der Waals surface area contributed by atoms with Crippen LogP contribution in [0.3, 0.4) is 0 Å². The van der Waals surface area contributed by atoms with E-state index in [0.29, 0.717) is 5.75 Å². The minimum absolute atomic E-state index is 0.00360. The minimum atomic E-state index is -0.672. The highest BCUT2D eigenvalue weighted by molar-refractivity contribution is 5.93. The normalized spacial score (nSPS) is 9.87. The van der Waals surface area contributed by atoms with Crippen molar-refractivity contribution >= 4 is 11.8 Å². The number of carbonyl (C=O) groups excluding carboxylic acids is 1. The van der Waals surface area contributed by atoms with Crippen LogP contribution in [0.25, 0.3) is 0 Å². The summed E-state index contributed by atoms with van der Waals surface area (Å²) in [5.41, 5.74) is 5.33. The van der Waals surface area contributed by atoms with Gasteiger partial charge in [-0.3, -0.25) is 4.98 Å². The molecule has 7 heteroatoms. The van der Waals surface area contributed by atoms with E-state index >= 15 is 0 Å². The van der Waals surface area contributed by atoms with Crippen LogP contribution in [-0.4, -0.2) is 26.4 Å². The number of aromatic nitrogens is 4. The van der Waals surface area contributed by atoms with E-state index in [0.717, 1.165) is 0 Å². The summed E-state index contributed by atoms with van der Waals surface area (Å²) >= 11 is 0. The van der Waals surface area contributed by atoms with Gasteiger partial charge in [0.1, 0.15) is 5.75 Å². The maximum atomic E-state index is 11.4. The monoisotopic (exact) mass is 205 g/mol. The highest BCUT2D eigenvalue weighted by Gasteiger charge is 2.16. The third kappa shape index (κ3) is 1.90. The molecule has 0 radical (unpaired) electrons. The van der Waals surface area contributed by atoms with Crippen LogP contribution in [0.2, 0.25) is 0 Å². The fourth-order valence-electron chi connectivity index (χ4n) is 0.952. The molecule has 0 aromatic carbocycles. The Morgan fingerprint density at radius 1 is 1.47 bits per heavy atom. The van der Waals surface area contributed by atoms with Gasteiger partial charge in [-0.05, 0) is 12.1 Å². The van der Waals surface area contributed by atoms with Crippen molar-refractivity contribution in [3.8, 4) is 5.75 Å². The van der Waals surface area contributed by atoms with Crippen molar-refractivity contribution in [2.75, 3.05) is 5.73 Å². The molecule has 0 amide bonds. The molecule has 3 N–H and O–H groups in total. The zero-order valence-corrected chi connectivity index (χ0v) is 7.54. The Morgan fingerprint density at radius 3 is 2.93 bits per heavy atom. The summed E-state index contributed by atoms with van der Waals surface area (Å²) in [5, 5.41) is 9.28. The number of nitrogens with two attached hydrogens (primary N) is 1. The van der Waals surface area contributed by atoms with Gasteiger partial charge in [-0.15, -0.1) is 10.2 Å². The van der Waals surface area contributed by atoms with Crippen molar-refractivity contribution in [3.63, 3.8) is 0 Å². The summed E-state index contributed by atoms with van der Waals surface area (Å²) in [6.07, 6.45) is 2.98. The van der Waals surface area contributed by atoms with Gasteiger partial charge in [0.05, 0.1) is 6.20 Å². The summed E-state index contributed by atoms with van der Waals surface area (Å²) in [6, 6.07) is 3.25. The number of nitrogens with zero attached hydrogens (tertiary/aromatic N) is 3. The third-order valence-electron chi connectivity index (χ3n) is 1.61. The standard InChI is InChI=1S/C8H7N5O2/c9-7-6(11-13-12-7)8(14)15-5-2-1-3-10-4-5/h1-4H,(H3,9,11,12,13). The molecular formula is C8H7N5O2. The molecule has 2 heterocycles. The Balaban J connectivity index is 2.15. The Kier molecular flexibility index (Phi) is 2.28. The Morgan fingerprint density at radius 2 is 2.33 bits per heavy atom. The van der Waals surface area contributed by atoms with Gasteiger partial charge in [0.15, 0.2) is 5.82 Å². The van der Waals surface area contributed by atoms with E-state index in [9.17, 15) is 4.79 Å². The summed E-state index contributed by atoms with van der Waals surface area (Å²) in [4.78, 5) is 15.2. The van der Waals surface area contributed by atoms with Crippen molar-refractivity contribution < 1.29 is 9.53 Å². The number of pyridine rings is 1. The zero-order valence-electron chi connectivity index (χ0n) is 7.54. The minimum Gasteiger partial charge on any atom is -0.420 e. The number of hydrogen-bond donors (Lipinski definition) is 2. The summed E-state index contributed by atoms with van der Waals surface area (Å²) in [7, 11) is 0. The lowest BCUT2D eigenvalue weighted by molar-refractivity contribution is 0.0729. The van der Waals surface area contributed by atoms with Crippen molar-refractivity contribution in [3.05, 3.63) is 30.2 Å². The van der Waals surface area contributed by atoms with Crippen LogP contribution >= 0.6 is 0 Å². The first-order valence-electron chi connectivity index (χ1n) is 4.06. The van der Waals surface area contributed by atoms with Crippen LogP contribution in [0.1, 0.15) is 10.5 Å². The number of aromatic amines is 1. The number of rotatable bonds is 2. The summed E-state index contributed by atoms with van der Waals surface area (Å²) in [6.45, 7) is 0. The van der Waals surface area contributed by atoms with Crippen LogP contribution in [0.4, 0.5) is 5.82 Å². The third-order valence-corrected chi connectivity index (χ3v) is 1.61. The van der Waals surface area contributed by atoms with Crippen LogP contribution in [-0.2, 0) is 0 Å². The molecule has 7 nitrogen and oxygen atoms in total. The van der Waals surface area contributed by atoms with Crippen molar-refractivity contribution in [1.29, 1.82) is 0 Å². The SMILES string of the molecule is Nc1n[nH]nc1C(=O)Oc1cccnc1. The molecule has 2 aromatic rings. The molecule has 0 atom stereocenters. The second-order valence-electron chi connectivity index (χ2n) is 2.64. The van der Waals surface area contributed by atoms with Crippen LogP contribution in [0.15, 0.2) is 24.5 Å².